The third kappa shape index (κ3) is 12.3. The predicted octanol–water partition coefficient (Wildman–Crippen LogP) is 6.29. The van der Waals surface area contributed by atoms with Crippen LogP contribution in [0.25, 0.3) is 21.8 Å². The number of hydrogen-bond donors (Lipinski definition) is 5. The van der Waals surface area contributed by atoms with E-state index >= 15 is 0 Å². The summed E-state index contributed by atoms with van der Waals surface area (Å²) in [5.41, 5.74) is 18.7. The van der Waals surface area contributed by atoms with Crippen LogP contribution in [-0.2, 0) is 44.8 Å². The van der Waals surface area contributed by atoms with E-state index in [2.05, 4.69) is 11.9 Å². The van der Waals surface area contributed by atoms with Gasteiger partial charge in [-0.15, -0.1) is 12.4 Å². The molecule has 2 aromatic carbocycles. The van der Waals surface area contributed by atoms with Crippen molar-refractivity contribution < 1.29 is 39.2 Å². The number of aliphatic hydroxyl groups is 1. The highest BCUT2D eigenvalue weighted by Crippen LogP contribution is 2.32. The fourth-order valence-electron chi connectivity index (χ4n) is 6.58. The van der Waals surface area contributed by atoms with Gasteiger partial charge in [0.15, 0.2) is 0 Å². The van der Waals surface area contributed by atoms with Crippen LogP contribution in [0.15, 0.2) is 60.7 Å². The molecule has 0 saturated heterocycles. The Morgan fingerprint density at radius 3 is 1.96 bits per heavy atom. The minimum atomic E-state index is -1.26. The number of halogens is 1. The second-order valence-corrected chi connectivity index (χ2v) is 13.0. The average Bonchev–Trinajstić information content (AvgIpc) is 3.12. The topological polar surface area (TPSA) is 216 Å². The summed E-state index contributed by atoms with van der Waals surface area (Å²) >= 11 is 0. The molecule has 7 N–H and O–H groups in total. The molecule has 0 spiro atoms. The third-order valence-corrected chi connectivity index (χ3v) is 9.14. The standard InChI is InChI=1S/C23H30N2O3.C13H14N2O.C4H4O4.ClH/c1-2-3-4-5-6-7-12-21(26)28-16-13-14-20-18(15-16)22(23(24)27)17-10-8-9-11-19(17)25-20;14-13-9-3-1-2-4-11(9)15-12-6-5-8(16)7-10(12)13;5-3(6)1-2-4(7)8;/h8-11,16H,2-7,12-15H2,1H3,(H2,24,27);1-4,8,16H,5-7H2,(H2,14,15);1-2H,(H,5,6)(H,7,8);1H/b;;2-1+;. The number of anilines is 1. The van der Waals surface area contributed by atoms with Gasteiger partial charge in [-0.3, -0.25) is 19.6 Å². The smallest absolute Gasteiger partial charge is 0.328 e. The first-order valence-corrected chi connectivity index (χ1v) is 17.9. The predicted molar refractivity (Wildman–Crippen MR) is 206 cm³/mol. The number of carboxylic acid groups (broad SMARTS) is 2. The number of rotatable bonds is 11. The van der Waals surface area contributed by atoms with E-state index in [-0.39, 0.29) is 30.6 Å². The van der Waals surface area contributed by atoms with Crippen LogP contribution < -0.4 is 11.5 Å². The van der Waals surface area contributed by atoms with Gasteiger partial charge in [0.2, 0.25) is 5.91 Å². The number of aliphatic carboxylic acids is 2. The summed E-state index contributed by atoms with van der Waals surface area (Å²) in [7, 11) is 0. The van der Waals surface area contributed by atoms with Crippen molar-refractivity contribution in [3.05, 3.63) is 88.8 Å². The maximum Gasteiger partial charge on any atom is 0.328 e. The zero-order valence-electron chi connectivity index (χ0n) is 30.0. The number of hydrogen-bond acceptors (Lipinski definition) is 9. The van der Waals surface area contributed by atoms with Gasteiger partial charge in [0.1, 0.15) is 6.10 Å². The van der Waals surface area contributed by atoms with Gasteiger partial charge in [0.25, 0.3) is 0 Å². The normalized spacial score (nSPS) is 15.8. The molecular formula is C40H49ClN4O8. The molecule has 0 aliphatic heterocycles. The minimum absolute atomic E-state index is 0. The number of aromatic nitrogens is 2. The van der Waals surface area contributed by atoms with E-state index in [0.29, 0.717) is 43.4 Å². The maximum absolute atomic E-state index is 12.2. The molecule has 2 aromatic heterocycles. The fourth-order valence-corrected chi connectivity index (χ4v) is 6.58. The molecule has 0 bridgehead atoms. The van der Waals surface area contributed by atoms with E-state index in [1.165, 1.54) is 25.7 Å². The molecule has 0 fully saturated rings. The molecule has 2 atom stereocenters. The van der Waals surface area contributed by atoms with Crippen LogP contribution in [-0.4, -0.2) is 61.3 Å². The summed E-state index contributed by atoms with van der Waals surface area (Å²) in [4.78, 5) is 52.8. The monoisotopic (exact) mass is 748 g/mol. The lowest BCUT2D eigenvalue weighted by Gasteiger charge is -2.26. The van der Waals surface area contributed by atoms with Gasteiger partial charge in [0, 0.05) is 59.3 Å². The number of para-hydroxylation sites is 2. The van der Waals surface area contributed by atoms with Gasteiger partial charge in [-0.05, 0) is 55.4 Å². The zero-order valence-corrected chi connectivity index (χ0v) is 30.8. The number of unbranched alkanes of at least 4 members (excludes halogenated alkanes) is 5. The Morgan fingerprint density at radius 1 is 0.792 bits per heavy atom. The van der Waals surface area contributed by atoms with Gasteiger partial charge in [-0.2, -0.15) is 0 Å². The molecule has 4 aromatic rings. The van der Waals surface area contributed by atoms with Crippen LogP contribution in [0.4, 0.5) is 5.69 Å². The Bertz CT molecular complexity index is 1920. The molecule has 1 amide bonds. The molecule has 0 saturated carbocycles. The van der Waals surface area contributed by atoms with Crippen LogP contribution in [0.2, 0.25) is 0 Å². The van der Waals surface area contributed by atoms with Crippen LogP contribution in [0.5, 0.6) is 0 Å². The summed E-state index contributed by atoms with van der Waals surface area (Å²) in [6, 6.07) is 15.5. The number of carbonyl (C=O) groups is 4. The van der Waals surface area contributed by atoms with Crippen molar-refractivity contribution in [2.75, 3.05) is 5.73 Å². The van der Waals surface area contributed by atoms with Crippen LogP contribution in [0, 0.1) is 0 Å². The quantitative estimate of drug-likeness (QED) is 0.0653. The summed E-state index contributed by atoms with van der Waals surface area (Å²) in [5, 5.41) is 27.1. The SMILES string of the molecule is CCCCCCCCC(=O)OC1CCc2nc3ccccc3c(C(N)=O)c2C1.Cl.Nc1c2c(nc3ccccc13)CCC(O)C2.O=C(O)/C=C/C(=O)O. The number of pyridine rings is 2. The van der Waals surface area contributed by atoms with E-state index in [0.717, 1.165) is 82.1 Å². The molecule has 284 valence electrons. The largest absolute Gasteiger partial charge is 0.478 e. The highest BCUT2D eigenvalue weighted by Gasteiger charge is 2.28. The zero-order chi connectivity index (χ0) is 37.6. The Morgan fingerprint density at radius 2 is 1.34 bits per heavy atom. The van der Waals surface area contributed by atoms with Crippen molar-refractivity contribution in [3.63, 3.8) is 0 Å². The highest BCUT2D eigenvalue weighted by molar-refractivity contribution is 6.07. The molecule has 2 aliphatic rings. The van der Waals surface area contributed by atoms with Crippen molar-refractivity contribution in [2.45, 2.75) is 103 Å². The Labute approximate surface area is 315 Å². The van der Waals surface area contributed by atoms with Gasteiger partial charge < -0.3 is 31.5 Å². The number of fused-ring (bicyclic) bond motifs is 4. The molecule has 0 radical (unpaired) electrons. The Hall–Kier alpha value is -5.07. The lowest BCUT2D eigenvalue weighted by Crippen LogP contribution is -2.29. The number of aliphatic hydroxyl groups excluding tert-OH is 1. The van der Waals surface area contributed by atoms with Crippen molar-refractivity contribution in [1.82, 2.24) is 9.97 Å². The van der Waals surface area contributed by atoms with E-state index < -0.39 is 17.8 Å². The minimum Gasteiger partial charge on any atom is -0.478 e. The average molecular weight is 749 g/mol. The van der Waals surface area contributed by atoms with Crippen LogP contribution in [0.3, 0.4) is 0 Å². The number of carboxylic acids is 2. The van der Waals surface area contributed by atoms with E-state index in [9.17, 15) is 24.3 Å². The summed E-state index contributed by atoms with van der Waals surface area (Å²) in [5.74, 6) is -3.10. The molecule has 13 heteroatoms. The number of aryl methyl sites for hydroxylation is 2. The van der Waals surface area contributed by atoms with Gasteiger partial charge in [-0.25, -0.2) is 9.59 Å². The van der Waals surface area contributed by atoms with E-state index in [1.807, 2.05) is 48.5 Å². The number of nitrogens with two attached hydrogens (primary N) is 2. The Balaban J connectivity index is 0.000000253. The van der Waals surface area contributed by atoms with E-state index in [1.54, 1.807) is 0 Å². The maximum atomic E-state index is 12.2. The van der Waals surface area contributed by atoms with Crippen molar-refractivity contribution in [1.29, 1.82) is 0 Å². The second-order valence-electron chi connectivity index (χ2n) is 13.0. The molecule has 2 unspecified atom stereocenters. The third-order valence-electron chi connectivity index (χ3n) is 9.14. The lowest BCUT2D eigenvalue weighted by molar-refractivity contribution is -0.149. The van der Waals surface area contributed by atoms with Crippen molar-refractivity contribution in [2.24, 2.45) is 5.73 Å². The van der Waals surface area contributed by atoms with Crippen LogP contribution >= 0.6 is 12.4 Å². The molecule has 12 nitrogen and oxygen atoms in total. The molecule has 6 rings (SSSR count). The first kappa shape index (κ1) is 42.3. The summed E-state index contributed by atoms with van der Waals surface area (Å²) < 4.78 is 5.70. The second kappa shape index (κ2) is 20.8. The Kier molecular flexibility index (Phi) is 16.6. The number of esters is 1. The fraction of sp³-hybridized carbons (Fsp3) is 0.400. The number of ether oxygens (including phenoxy) is 1. The number of primary amides is 1. The first-order chi connectivity index (χ1) is 25.0. The lowest BCUT2D eigenvalue weighted by atomic mass is 9.88. The highest BCUT2D eigenvalue weighted by atomic mass is 35.5. The van der Waals surface area contributed by atoms with Gasteiger partial charge in [-0.1, -0.05) is 75.4 Å². The number of benzene rings is 2. The van der Waals surface area contributed by atoms with Gasteiger partial charge in [0.05, 0.1) is 22.7 Å². The number of nitrogens with zero attached hydrogens (tertiary/aromatic N) is 2. The molecule has 53 heavy (non-hydrogen) atoms. The molecule has 2 heterocycles. The number of amides is 1. The van der Waals surface area contributed by atoms with Crippen LogP contribution in [0.1, 0.15) is 97.6 Å². The summed E-state index contributed by atoms with van der Waals surface area (Å²) in [6.07, 6.45) is 12.1. The van der Waals surface area contributed by atoms with Crippen molar-refractivity contribution in [3.8, 4) is 0 Å². The van der Waals surface area contributed by atoms with Crippen molar-refractivity contribution >= 4 is 63.7 Å². The molecular weight excluding hydrogens is 700 g/mol. The number of nitrogen functional groups attached to an aromatic ring is 1. The first-order valence-electron chi connectivity index (χ1n) is 17.9. The van der Waals surface area contributed by atoms with Gasteiger partial charge >= 0.3 is 17.9 Å². The molecule has 2 aliphatic carbocycles. The summed E-state index contributed by atoms with van der Waals surface area (Å²) in [6.45, 7) is 2.20. The van der Waals surface area contributed by atoms with E-state index in [4.69, 9.17) is 31.4 Å². The number of carbonyl (C=O) groups excluding carboxylic acids is 2.